The fourth-order valence-electron chi connectivity index (χ4n) is 4.24. The lowest BCUT2D eigenvalue weighted by Gasteiger charge is -2.25. The predicted molar refractivity (Wildman–Crippen MR) is 153 cm³/mol. The minimum absolute atomic E-state index is 0.0573. The molecule has 0 bridgehead atoms. The van der Waals surface area contributed by atoms with Crippen LogP contribution in [0.15, 0.2) is 74.5 Å². The topological polar surface area (TPSA) is 60.7 Å². The number of hydrogen-bond acceptors (Lipinski definition) is 6. The van der Waals surface area contributed by atoms with Gasteiger partial charge in [0.15, 0.2) is 4.80 Å². The van der Waals surface area contributed by atoms with Crippen molar-refractivity contribution < 1.29 is 9.53 Å². The number of ether oxygens (including phenoxy) is 1. The molecule has 194 valence electrons. The Balaban J connectivity index is 1.85. The maximum Gasteiger partial charge on any atom is 0.338 e. The second-order valence-corrected chi connectivity index (χ2v) is 12.6. The minimum atomic E-state index is -0.600. The molecule has 0 amide bonds. The number of carbonyl (C=O) groups is 1. The fraction of sp³-hybridized carbons (Fsp3) is 0.367. The second kappa shape index (κ2) is 10.8. The van der Waals surface area contributed by atoms with Crippen LogP contribution in [0.3, 0.4) is 0 Å². The highest BCUT2D eigenvalue weighted by molar-refractivity contribution is 7.98. The van der Waals surface area contributed by atoms with E-state index in [0.29, 0.717) is 27.2 Å². The Kier molecular flexibility index (Phi) is 7.95. The van der Waals surface area contributed by atoms with Gasteiger partial charge in [-0.2, -0.15) is 0 Å². The van der Waals surface area contributed by atoms with E-state index < -0.39 is 12.0 Å². The number of hydrogen-bond donors (Lipinski definition) is 0. The van der Waals surface area contributed by atoms with E-state index >= 15 is 0 Å². The number of fused-ring (bicyclic) bond motifs is 1. The first-order chi connectivity index (χ1) is 17.5. The summed E-state index contributed by atoms with van der Waals surface area (Å²) >= 11 is 2.99. The molecule has 1 aromatic heterocycles. The molecule has 1 aliphatic heterocycles. The van der Waals surface area contributed by atoms with Crippen molar-refractivity contribution in [1.29, 1.82) is 0 Å². The number of aromatic nitrogens is 1. The van der Waals surface area contributed by atoms with Gasteiger partial charge in [0.1, 0.15) is 0 Å². The summed E-state index contributed by atoms with van der Waals surface area (Å²) in [7, 11) is 0. The summed E-state index contributed by atoms with van der Waals surface area (Å²) in [6.45, 7) is 12.7. The molecule has 5 nitrogen and oxygen atoms in total. The molecule has 1 unspecified atom stereocenters. The minimum Gasteiger partial charge on any atom is -0.462 e. The summed E-state index contributed by atoms with van der Waals surface area (Å²) in [5.41, 5.74) is 3.92. The third-order valence-corrected chi connectivity index (χ3v) is 8.02. The van der Waals surface area contributed by atoms with Gasteiger partial charge in [-0.05, 0) is 59.4 Å². The standard InChI is InChI=1S/C30H34N2O3S2/c1-18(2)17-35-28(34)25-19(3)31-29-32(26(25)21-10-14-23(36-7)15-11-21)27(33)24(37-29)16-20-8-12-22(13-9-20)30(4,5)6/h8-16,18,26H,17H2,1-7H3. The highest BCUT2D eigenvalue weighted by atomic mass is 32.2. The average Bonchev–Trinajstić information content (AvgIpc) is 3.15. The van der Waals surface area contributed by atoms with Crippen LogP contribution in [0.25, 0.3) is 6.08 Å². The first kappa shape index (κ1) is 27.1. The first-order valence-electron chi connectivity index (χ1n) is 12.4. The highest BCUT2D eigenvalue weighted by Crippen LogP contribution is 2.32. The Morgan fingerprint density at radius 1 is 1.14 bits per heavy atom. The van der Waals surface area contributed by atoms with E-state index in [1.165, 1.54) is 16.9 Å². The van der Waals surface area contributed by atoms with E-state index in [1.807, 2.05) is 69.5 Å². The maximum atomic E-state index is 13.8. The van der Waals surface area contributed by atoms with Crippen molar-refractivity contribution in [3.05, 3.63) is 96.2 Å². The molecule has 0 saturated heterocycles. The lowest BCUT2D eigenvalue weighted by Crippen LogP contribution is -2.40. The van der Waals surface area contributed by atoms with Gasteiger partial charge in [0.25, 0.3) is 5.56 Å². The molecule has 0 radical (unpaired) electrons. The van der Waals surface area contributed by atoms with Crippen LogP contribution in [0.2, 0.25) is 0 Å². The SMILES string of the molecule is CSc1ccc(C2C(C(=O)OCC(C)C)=C(C)N=c3sc(=Cc4ccc(C(C)(C)C)cc4)c(=O)n32)cc1. The van der Waals surface area contributed by atoms with E-state index in [9.17, 15) is 9.59 Å². The quantitative estimate of drug-likeness (QED) is 0.312. The number of thiazole rings is 1. The third kappa shape index (κ3) is 5.83. The van der Waals surface area contributed by atoms with Gasteiger partial charge in [0, 0.05) is 4.90 Å². The molecule has 2 aromatic carbocycles. The van der Waals surface area contributed by atoms with E-state index in [2.05, 4.69) is 32.9 Å². The van der Waals surface area contributed by atoms with E-state index in [-0.39, 0.29) is 16.9 Å². The van der Waals surface area contributed by atoms with Gasteiger partial charge in [-0.3, -0.25) is 9.36 Å². The molecule has 1 atom stereocenters. The molecule has 0 N–H and O–H groups in total. The Hall–Kier alpha value is -2.90. The monoisotopic (exact) mass is 534 g/mol. The van der Waals surface area contributed by atoms with E-state index in [0.717, 1.165) is 16.0 Å². The fourth-order valence-corrected chi connectivity index (χ4v) is 5.69. The number of esters is 1. The normalized spacial score (nSPS) is 16.1. The summed E-state index contributed by atoms with van der Waals surface area (Å²) in [4.78, 5) is 33.5. The van der Waals surface area contributed by atoms with Crippen molar-refractivity contribution in [2.75, 3.05) is 12.9 Å². The maximum absolute atomic E-state index is 13.8. The lowest BCUT2D eigenvalue weighted by atomic mass is 9.87. The van der Waals surface area contributed by atoms with Crippen LogP contribution >= 0.6 is 23.1 Å². The lowest BCUT2D eigenvalue weighted by molar-refractivity contribution is -0.140. The molecule has 1 aliphatic rings. The van der Waals surface area contributed by atoms with E-state index in [1.54, 1.807) is 16.3 Å². The van der Waals surface area contributed by atoms with Crippen LogP contribution in [0.1, 0.15) is 64.3 Å². The molecule has 0 aliphatic carbocycles. The third-order valence-electron chi connectivity index (χ3n) is 6.30. The van der Waals surface area contributed by atoms with Gasteiger partial charge in [0.05, 0.1) is 28.5 Å². The molecule has 7 heteroatoms. The first-order valence-corrected chi connectivity index (χ1v) is 14.5. The molecule has 4 rings (SSSR count). The molecule has 37 heavy (non-hydrogen) atoms. The van der Waals surface area contributed by atoms with Crippen LogP contribution in [0.4, 0.5) is 0 Å². The van der Waals surface area contributed by atoms with Crippen molar-refractivity contribution >= 4 is 35.1 Å². The van der Waals surface area contributed by atoms with Crippen LogP contribution < -0.4 is 14.9 Å². The van der Waals surface area contributed by atoms with Crippen LogP contribution in [-0.2, 0) is 14.9 Å². The van der Waals surface area contributed by atoms with Crippen molar-refractivity contribution in [3.63, 3.8) is 0 Å². The van der Waals surface area contributed by atoms with Crippen molar-refractivity contribution in [2.45, 2.75) is 57.9 Å². The largest absolute Gasteiger partial charge is 0.462 e. The van der Waals surface area contributed by atoms with Gasteiger partial charge >= 0.3 is 5.97 Å². The predicted octanol–water partition coefficient (Wildman–Crippen LogP) is 5.45. The number of benzene rings is 2. The number of allylic oxidation sites excluding steroid dienone is 1. The Bertz CT molecular complexity index is 1500. The van der Waals surface area contributed by atoms with Crippen molar-refractivity contribution in [1.82, 2.24) is 4.57 Å². The zero-order valence-electron chi connectivity index (χ0n) is 22.5. The van der Waals surface area contributed by atoms with Gasteiger partial charge in [-0.1, -0.05) is 82.4 Å². The molecular formula is C30H34N2O3S2. The van der Waals surface area contributed by atoms with Gasteiger partial charge in [0.2, 0.25) is 0 Å². The van der Waals surface area contributed by atoms with Crippen molar-refractivity contribution in [2.24, 2.45) is 10.9 Å². The summed E-state index contributed by atoms with van der Waals surface area (Å²) in [6.07, 6.45) is 3.92. The van der Waals surface area contributed by atoms with Gasteiger partial charge in [-0.15, -0.1) is 11.8 Å². The molecule has 0 saturated carbocycles. The molecule has 2 heterocycles. The van der Waals surface area contributed by atoms with Crippen LogP contribution in [0.5, 0.6) is 0 Å². The van der Waals surface area contributed by atoms with Gasteiger partial charge < -0.3 is 4.74 Å². The summed E-state index contributed by atoms with van der Waals surface area (Å²) < 4.78 is 7.85. The van der Waals surface area contributed by atoms with Crippen molar-refractivity contribution in [3.8, 4) is 0 Å². The van der Waals surface area contributed by atoms with Gasteiger partial charge in [-0.25, -0.2) is 9.79 Å². The van der Waals surface area contributed by atoms with E-state index in [4.69, 9.17) is 9.73 Å². The molecule has 3 aromatic rings. The van der Waals surface area contributed by atoms with Crippen LogP contribution in [-0.4, -0.2) is 23.4 Å². The molecule has 0 fully saturated rings. The summed E-state index contributed by atoms with van der Waals surface area (Å²) in [5, 5.41) is 0. The molecule has 0 spiro atoms. The number of nitrogens with zero attached hydrogens (tertiary/aromatic N) is 2. The Labute approximate surface area is 226 Å². The number of thioether (sulfide) groups is 1. The van der Waals surface area contributed by atoms with Crippen LogP contribution in [0, 0.1) is 5.92 Å². The Morgan fingerprint density at radius 2 is 1.78 bits per heavy atom. The average molecular weight is 535 g/mol. The highest BCUT2D eigenvalue weighted by Gasteiger charge is 2.33. The number of carbonyl (C=O) groups excluding carboxylic acids is 1. The number of rotatable bonds is 6. The Morgan fingerprint density at radius 3 is 2.35 bits per heavy atom. The summed E-state index contributed by atoms with van der Waals surface area (Å²) in [5.74, 6) is -0.226. The zero-order valence-corrected chi connectivity index (χ0v) is 24.1. The smallest absolute Gasteiger partial charge is 0.338 e. The second-order valence-electron chi connectivity index (χ2n) is 10.7. The summed E-state index contributed by atoms with van der Waals surface area (Å²) in [6, 6.07) is 15.7. The molecular weight excluding hydrogens is 500 g/mol. The zero-order chi connectivity index (χ0) is 26.9.